The van der Waals surface area contributed by atoms with Crippen molar-refractivity contribution in [3.63, 3.8) is 0 Å². The van der Waals surface area contributed by atoms with E-state index in [-0.39, 0.29) is 11.9 Å². The van der Waals surface area contributed by atoms with Crippen LogP contribution in [-0.4, -0.2) is 59.9 Å². The molecule has 32 heavy (non-hydrogen) atoms. The van der Waals surface area contributed by atoms with Crippen LogP contribution in [0.3, 0.4) is 0 Å². The second-order valence-corrected chi connectivity index (χ2v) is 9.94. The van der Waals surface area contributed by atoms with E-state index >= 15 is 0 Å². The Morgan fingerprint density at radius 2 is 1.72 bits per heavy atom. The summed E-state index contributed by atoms with van der Waals surface area (Å²) >= 11 is 6.25. The Morgan fingerprint density at radius 3 is 2.38 bits per heavy atom. The van der Waals surface area contributed by atoms with Crippen LogP contribution in [-0.2, 0) is 11.3 Å². The van der Waals surface area contributed by atoms with Gasteiger partial charge in [0, 0.05) is 50.8 Å². The fraction of sp³-hybridized carbons (Fsp3) is 0.519. The quantitative estimate of drug-likeness (QED) is 0.593. The van der Waals surface area contributed by atoms with E-state index in [2.05, 4.69) is 28.0 Å². The molecule has 1 aliphatic carbocycles. The van der Waals surface area contributed by atoms with Crippen LogP contribution >= 0.6 is 11.6 Å². The van der Waals surface area contributed by atoms with Crippen LogP contribution in [0.4, 0.5) is 0 Å². The molecule has 2 fully saturated rings. The largest absolute Gasteiger partial charge is 0.340 e. The third-order valence-corrected chi connectivity index (χ3v) is 7.27. The number of hydrogen-bond donors (Lipinski definition) is 0. The van der Waals surface area contributed by atoms with E-state index in [9.17, 15) is 4.79 Å². The molecule has 5 heteroatoms. The van der Waals surface area contributed by atoms with Crippen molar-refractivity contribution in [1.29, 1.82) is 0 Å². The Morgan fingerprint density at radius 1 is 1.03 bits per heavy atom. The van der Waals surface area contributed by atoms with Crippen LogP contribution in [0, 0.1) is 6.92 Å². The first-order chi connectivity index (χ1) is 15.5. The van der Waals surface area contributed by atoms with Crippen molar-refractivity contribution >= 4 is 17.5 Å². The summed E-state index contributed by atoms with van der Waals surface area (Å²) in [4.78, 5) is 20.6. The highest BCUT2D eigenvalue weighted by atomic mass is 35.5. The number of piperazine rings is 1. The Hall–Kier alpha value is -1.88. The molecule has 1 amide bonds. The van der Waals surface area contributed by atoms with Gasteiger partial charge in [-0.3, -0.25) is 14.6 Å². The maximum Gasteiger partial charge on any atom is 0.244 e. The van der Waals surface area contributed by atoms with E-state index in [1.54, 1.807) is 0 Å². The highest BCUT2D eigenvalue weighted by molar-refractivity contribution is 6.30. The highest BCUT2D eigenvalue weighted by Crippen LogP contribution is 2.28. The van der Waals surface area contributed by atoms with Crippen LogP contribution in [0.1, 0.15) is 54.8 Å². The molecular formula is C27H36ClN3O. The summed E-state index contributed by atoms with van der Waals surface area (Å²) in [5.41, 5.74) is 3.27. The summed E-state index contributed by atoms with van der Waals surface area (Å²) < 4.78 is 0. The van der Waals surface area contributed by atoms with Crippen LogP contribution in [0.5, 0.6) is 0 Å². The van der Waals surface area contributed by atoms with E-state index in [1.165, 1.54) is 32.1 Å². The summed E-state index contributed by atoms with van der Waals surface area (Å²) in [5, 5.41) is 0.722. The smallest absolute Gasteiger partial charge is 0.244 e. The second-order valence-electron chi connectivity index (χ2n) is 9.51. The molecule has 4 nitrogen and oxygen atoms in total. The van der Waals surface area contributed by atoms with Crippen molar-refractivity contribution in [3.05, 3.63) is 70.2 Å². The summed E-state index contributed by atoms with van der Waals surface area (Å²) in [6.07, 6.45) is 6.79. The zero-order valence-corrected chi connectivity index (χ0v) is 20.2. The Balaban J connectivity index is 1.47. The highest BCUT2D eigenvalue weighted by Gasteiger charge is 2.34. The standard InChI is InChI=1S/C27H36ClN3O/c1-21-17-22(19-24(28)18-21)20-29(2)27(32)26(23-9-5-3-6-10-23)31-15-13-30(14-16-31)25-11-7-4-8-12-25/h3,5-6,9-10,17-19,25-26H,4,7-8,11-16,20H2,1-2H3. The first kappa shape index (κ1) is 23.3. The number of hydrogen-bond acceptors (Lipinski definition) is 3. The maximum atomic E-state index is 13.7. The van der Waals surface area contributed by atoms with Crippen molar-refractivity contribution in [2.24, 2.45) is 0 Å². The lowest BCUT2D eigenvalue weighted by Gasteiger charge is -2.43. The van der Waals surface area contributed by atoms with Gasteiger partial charge >= 0.3 is 0 Å². The minimum atomic E-state index is -0.241. The summed E-state index contributed by atoms with van der Waals surface area (Å²) in [5.74, 6) is 0.153. The number of aryl methyl sites for hydroxylation is 1. The lowest BCUT2D eigenvalue weighted by atomic mass is 9.93. The number of benzene rings is 2. The van der Waals surface area contributed by atoms with Crippen molar-refractivity contribution in [1.82, 2.24) is 14.7 Å². The molecule has 1 atom stereocenters. The molecule has 4 rings (SSSR count). The Kier molecular flexibility index (Phi) is 7.88. The molecule has 0 aromatic heterocycles. The molecule has 172 valence electrons. The zero-order chi connectivity index (χ0) is 22.5. The number of nitrogens with zero attached hydrogens (tertiary/aromatic N) is 3. The van der Waals surface area contributed by atoms with Crippen LogP contribution in [0.15, 0.2) is 48.5 Å². The number of likely N-dealkylation sites (N-methyl/N-ethyl adjacent to an activating group) is 1. The van der Waals surface area contributed by atoms with Gasteiger partial charge in [0.05, 0.1) is 0 Å². The molecule has 1 aliphatic heterocycles. The number of rotatable bonds is 6. The van der Waals surface area contributed by atoms with Gasteiger partial charge in [-0.15, -0.1) is 0 Å². The van der Waals surface area contributed by atoms with Gasteiger partial charge in [0.25, 0.3) is 0 Å². The van der Waals surface area contributed by atoms with Gasteiger partial charge in [0.1, 0.15) is 6.04 Å². The molecule has 0 bridgehead atoms. The lowest BCUT2D eigenvalue weighted by molar-refractivity contribution is -0.137. The fourth-order valence-corrected chi connectivity index (χ4v) is 5.73. The number of amides is 1. The van der Waals surface area contributed by atoms with Crippen molar-refractivity contribution in [3.8, 4) is 0 Å². The van der Waals surface area contributed by atoms with Gasteiger partial charge in [-0.05, 0) is 48.6 Å². The zero-order valence-electron chi connectivity index (χ0n) is 19.5. The van der Waals surface area contributed by atoms with Crippen molar-refractivity contribution < 1.29 is 4.79 Å². The van der Waals surface area contributed by atoms with E-state index < -0.39 is 0 Å². The first-order valence-corrected chi connectivity index (χ1v) is 12.4. The normalized spacial score (nSPS) is 19.6. The van der Waals surface area contributed by atoms with E-state index in [0.717, 1.165) is 53.9 Å². The lowest BCUT2D eigenvalue weighted by Crippen LogP contribution is -2.53. The van der Waals surface area contributed by atoms with Crippen LogP contribution in [0.25, 0.3) is 0 Å². The Bertz CT molecular complexity index is 869. The van der Waals surface area contributed by atoms with Crippen LogP contribution < -0.4 is 0 Å². The SMILES string of the molecule is Cc1cc(Cl)cc(CN(C)C(=O)C(c2ccccc2)N2CCN(C3CCCCC3)CC2)c1. The predicted octanol–water partition coefficient (Wildman–Crippen LogP) is 5.30. The van der Waals surface area contributed by atoms with Gasteiger partial charge in [-0.1, -0.05) is 67.3 Å². The van der Waals surface area contributed by atoms with Crippen molar-refractivity contribution in [2.75, 3.05) is 33.2 Å². The molecule has 2 aromatic rings. The number of carbonyl (C=O) groups excluding carboxylic acids is 1. The average molecular weight is 454 g/mol. The average Bonchev–Trinajstić information content (AvgIpc) is 2.80. The summed E-state index contributed by atoms with van der Waals surface area (Å²) in [6, 6.07) is 16.8. The predicted molar refractivity (Wildman–Crippen MR) is 132 cm³/mol. The third-order valence-electron chi connectivity index (χ3n) is 7.05. The van der Waals surface area contributed by atoms with E-state index in [1.807, 2.05) is 49.2 Å². The minimum Gasteiger partial charge on any atom is -0.340 e. The molecule has 2 aromatic carbocycles. The molecule has 0 radical (unpaired) electrons. The van der Waals surface area contributed by atoms with E-state index in [0.29, 0.717) is 6.54 Å². The van der Waals surface area contributed by atoms with E-state index in [4.69, 9.17) is 11.6 Å². The van der Waals surface area contributed by atoms with Gasteiger partial charge in [-0.25, -0.2) is 0 Å². The summed E-state index contributed by atoms with van der Waals surface area (Å²) in [7, 11) is 1.91. The van der Waals surface area contributed by atoms with Crippen molar-refractivity contribution in [2.45, 2.75) is 57.7 Å². The molecule has 1 saturated carbocycles. The fourth-order valence-electron chi connectivity index (χ4n) is 5.42. The molecule has 0 N–H and O–H groups in total. The van der Waals surface area contributed by atoms with Gasteiger partial charge < -0.3 is 4.90 Å². The summed E-state index contributed by atoms with van der Waals surface area (Å²) in [6.45, 7) is 6.58. The minimum absolute atomic E-state index is 0.153. The number of carbonyl (C=O) groups is 1. The third kappa shape index (κ3) is 5.72. The van der Waals surface area contributed by atoms with Gasteiger partial charge in [-0.2, -0.15) is 0 Å². The first-order valence-electron chi connectivity index (χ1n) is 12.1. The molecule has 0 spiro atoms. The monoisotopic (exact) mass is 453 g/mol. The molecular weight excluding hydrogens is 418 g/mol. The topological polar surface area (TPSA) is 26.8 Å². The number of halogens is 1. The van der Waals surface area contributed by atoms with Gasteiger partial charge in [0.15, 0.2) is 0 Å². The molecule has 2 aliphatic rings. The van der Waals surface area contributed by atoms with Crippen LogP contribution in [0.2, 0.25) is 5.02 Å². The maximum absolute atomic E-state index is 13.7. The Labute approximate surface area is 198 Å². The molecule has 1 unspecified atom stereocenters. The molecule has 1 saturated heterocycles. The second kappa shape index (κ2) is 10.8. The van der Waals surface area contributed by atoms with Gasteiger partial charge in [0.2, 0.25) is 5.91 Å². The molecule has 1 heterocycles.